The van der Waals surface area contributed by atoms with Crippen LogP contribution in [0, 0.1) is 0 Å². The Kier molecular flexibility index (Phi) is 3.73. The van der Waals surface area contributed by atoms with E-state index < -0.39 is 0 Å². The smallest absolute Gasteiger partial charge is 0.0722 e. The van der Waals surface area contributed by atoms with Crippen LogP contribution < -0.4 is 5.73 Å². The summed E-state index contributed by atoms with van der Waals surface area (Å²) >= 11 is 0. The molecule has 0 amide bonds. The Bertz CT molecular complexity index is 480. The van der Waals surface area contributed by atoms with Crippen molar-refractivity contribution in [1.82, 2.24) is 4.98 Å². The monoisotopic (exact) mass is 228 g/mol. The topological polar surface area (TPSA) is 48.1 Å². The van der Waals surface area contributed by atoms with Crippen LogP contribution in [0.15, 0.2) is 42.6 Å². The van der Waals surface area contributed by atoms with Gasteiger partial charge in [0.05, 0.1) is 12.3 Å². The van der Waals surface area contributed by atoms with Gasteiger partial charge in [0, 0.05) is 24.6 Å². The Morgan fingerprint density at radius 2 is 1.94 bits per heavy atom. The van der Waals surface area contributed by atoms with E-state index in [-0.39, 0.29) is 0 Å². The number of methoxy groups -OCH3 is 1. The lowest BCUT2D eigenvalue weighted by molar-refractivity contribution is 0.202. The predicted molar refractivity (Wildman–Crippen MR) is 69.7 cm³/mol. The molecule has 0 saturated carbocycles. The first-order valence-corrected chi connectivity index (χ1v) is 5.59. The van der Waals surface area contributed by atoms with Gasteiger partial charge in [-0.3, -0.25) is 4.98 Å². The number of pyridine rings is 1. The zero-order chi connectivity index (χ0) is 12.1. The second-order valence-electron chi connectivity index (χ2n) is 3.91. The largest absolute Gasteiger partial charge is 0.399 e. The Morgan fingerprint density at radius 1 is 1.18 bits per heavy atom. The quantitative estimate of drug-likeness (QED) is 0.874. The summed E-state index contributed by atoms with van der Waals surface area (Å²) in [6.07, 6.45) is 2.66. The standard InChI is InChI=1S/C14H16N2O/c1-17-9-7-11-2-4-12(5-3-11)14-10-13(15)6-8-16-14/h2-6,8,10H,7,9H2,1H3,(H2,15,16). The van der Waals surface area contributed by atoms with Gasteiger partial charge < -0.3 is 10.5 Å². The molecular formula is C14H16N2O. The van der Waals surface area contributed by atoms with Gasteiger partial charge in [0.25, 0.3) is 0 Å². The van der Waals surface area contributed by atoms with E-state index in [0.717, 1.165) is 30.0 Å². The van der Waals surface area contributed by atoms with Crippen LogP contribution >= 0.6 is 0 Å². The van der Waals surface area contributed by atoms with E-state index in [1.807, 2.05) is 6.07 Å². The highest BCUT2D eigenvalue weighted by Gasteiger charge is 2.00. The summed E-state index contributed by atoms with van der Waals surface area (Å²) in [6.45, 7) is 0.746. The Hall–Kier alpha value is -1.87. The van der Waals surface area contributed by atoms with Crippen molar-refractivity contribution in [3.05, 3.63) is 48.2 Å². The number of nitrogen functional groups attached to an aromatic ring is 1. The number of anilines is 1. The molecule has 0 aliphatic heterocycles. The second kappa shape index (κ2) is 5.46. The molecule has 1 heterocycles. The summed E-state index contributed by atoms with van der Waals surface area (Å²) in [5, 5.41) is 0. The first-order valence-electron chi connectivity index (χ1n) is 5.59. The van der Waals surface area contributed by atoms with Gasteiger partial charge in [-0.1, -0.05) is 24.3 Å². The fraction of sp³-hybridized carbons (Fsp3) is 0.214. The summed E-state index contributed by atoms with van der Waals surface area (Å²) in [7, 11) is 1.71. The minimum atomic E-state index is 0.735. The van der Waals surface area contributed by atoms with Crippen LogP contribution in [0.4, 0.5) is 5.69 Å². The molecule has 2 rings (SSSR count). The number of hydrogen-bond donors (Lipinski definition) is 1. The number of nitrogens with two attached hydrogens (primary N) is 1. The number of aromatic nitrogens is 1. The summed E-state index contributed by atoms with van der Waals surface area (Å²) in [4.78, 5) is 4.30. The van der Waals surface area contributed by atoms with Gasteiger partial charge in [-0.05, 0) is 24.1 Å². The number of rotatable bonds is 4. The number of benzene rings is 1. The van der Waals surface area contributed by atoms with Crippen LogP contribution in [-0.2, 0) is 11.2 Å². The molecule has 2 N–H and O–H groups in total. The first-order chi connectivity index (χ1) is 8.29. The van der Waals surface area contributed by atoms with Gasteiger partial charge >= 0.3 is 0 Å². The van der Waals surface area contributed by atoms with Crippen LogP contribution in [0.1, 0.15) is 5.56 Å². The van der Waals surface area contributed by atoms with Gasteiger partial charge in [0.15, 0.2) is 0 Å². The molecule has 0 unspecified atom stereocenters. The van der Waals surface area contributed by atoms with Crippen molar-refractivity contribution in [2.24, 2.45) is 0 Å². The summed E-state index contributed by atoms with van der Waals surface area (Å²) in [5.41, 5.74) is 9.72. The maximum Gasteiger partial charge on any atom is 0.0722 e. The second-order valence-corrected chi connectivity index (χ2v) is 3.91. The zero-order valence-electron chi connectivity index (χ0n) is 9.89. The molecule has 17 heavy (non-hydrogen) atoms. The summed E-state index contributed by atoms with van der Waals surface area (Å²) in [5.74, 6) is 0. The van der Waals surface area contributed by atoms with E-state index in [1.165, 1.54) is 5.56 Å². The first kappa shape index (κ1) is 11.6. The highest BCUT2D eigenvalue weighted by Crippen LogP contribution is 2.19. The molecule has 0 radical (unpaired) electrons. The zero-order valence-corrected chi connectivity index (χ0v) is 9.89. The van der Waals surface area contributed by atoms with Gasteiger partial charge in [-0.15, -0.1) is 0 Å². The molecule has 0 aliphatic carbocycles. The molecule has 1 aromatic heterocycles. The summed E-state index contributed by atoms with van der Waals surface area (Å²) < 4.78 is 5.05. The normalized spacial score (nSPS) is 10.4. The van der Waals surface area contributed by atoms with Crippen LogP contribution in [0.3, 0.4) is 0 Å². The van der Waals surface area contributed by atoms with E-state index in [9.17, 15) is 0 Å². The van der Waals surface area contributed by atoms with E-state index >= 15 is 0 Å². The van der Waals surface area contributed by atoms with Crippen molar-refractivity contribution in [2.75, 3.05) is 19.5 Å². The molecule has 1 aromatic carbocycles. The molecule has 2 aromatic rings. The minimum absolute atomic E-state index is 0.735. The lowest BCUT2D eigenvalue weighted by Crippen LogP contribution is -1.94. The van der Waals surface area contributed by atoms with E-state index in [0.29, 0.717) is 0 Å². The number of hydrogen-bond acceptors (Lipinski definition) is 3. The molecule has 0 spiro atoms. The molecule has 0 bridgehead atoms. The van der Waals surface area contributed by atoms with E-state index in [2.05, 4.69) is 29.2 Å². The third-order valence-electron chi connectivity index (χ3n) is 2.63. The molecular weight excluding hydrogens is 212 g/mol. The minimum Gasteiger partial charge on any atom is -0.399 e. The SMILES string of the molecule is COCCc1ccc(-c2cc(N)ccn2)cc1. The molecule has 3 nitrogen and oxygen atoms in total. The van der Waals surface area contributed by atoms with Crippen LogP contribution in [0.25, 0.3) is 11.3 Å². The molecule has 0 fully saturated rings. The van der Waals surface area contributed by atoms with Gasteiger partial charge in [0.2, 0.25) is 0 Å². The average Bonchev–Trinajstić information content (AvgIpc) is 2.37. The molecule has 0 aliphatic rings. The Balaban J connectivity index is 2.17. The van der Waals surface area contributed by atoms with Crippen LogP contribution in [0.5, 0.6) is 0 Å². The number of ether oxygens (including phenoxy) is 1. The van der Waals surface area contributed by atoms with Gasteiger partial charge in [0.1, 0.15) is 0 Å². The third-order valence-corrected chi connectivity index (χ3v) is 2.63. The van der Waals surface area contributed by atoms with Crippen molar-refractivity contribution in [2.45, 2.75) is 6.42 Å². The predicted octanol–water partition coefficient (Wildman–Crippen LogP) is 2.52. The fourth-order valence-electron chi connectivity index (χ4n) is 1.67. The Labute approximate surface area is 101 Å². The van der Waals surface area contributed by atoms with Crippen LogP contribution in [0.2, 0.25) is 0 Å². The molecule has 88 valence electrons. The van der Waals surface area contributed by atoms with Crippen molar-refractivity contribution in [3.8, 4) is 11.3 Å². The maximum atomic E-state index is 5.74. The lowest BCUT2D eigenvalue weighted by atomic mass is 10.1. The highest BCUT2D eigenvalue weighted by molar-refractivity contribution is 5.63. The lowest BCUT2D eigenvalue weighted by Gasteiger charge is -2.04. The van der Waals surface area contributed by atoms with Crippen molar-refractivity contribution in [3.63, 3.8) is 0 Å². The fourth-order valence-corrected chi connectivity index (χ4v) is 1.67. The highest BCUT2D eigenvalue weighted by atomic mass is 16.5. The molecule has 3 heteroatoms. The van der Waals surface area contributed by atoms with Gasteiger partial charge in [-0.2, -0.15) is 0 Å². The molecule has 0 atom stereocenters. The third kappa shape index (κ3) is 3.04. The van der Waals surface area contributed by atoms with Crippen molar-refractivity contribution in [1.29, 1.82) is 0 Å². The Morgan fingerprint density at radius 3 is 2.59 bits per heavy atom. The van der Waals surface area contributed by atoms with Gasteiger partial charge in [-0.25, -0.2) is 0 Å². The molecule has 0 saturated heterocycles. The summed E-state index contributed by atoms with van der Waals surface area (Å²) in [6, 6.07) is 12.0. The average molecular weight is 228 g/mol. The number of nitrogens with zero attached hydrogens (tertiary/aromatic N) is 1. The van der Waals surface area contributed by atoms with Crippen molar-refractivity contribution >= 4 is 5.69 Å². The van der Waals surface area contributed by atoms with E-state index in [1.54, 1.807) is 19.4 Å². The van der Waals surface area contributed by atoms with Crippen molar-refractivity contribution < 1.29 is 4.74 Å². The van der Waals surface area contributed by atoms with Crippen LogP contribution in [-0.4, -0.2) is 18.7 Å². The van der Waals surface area contributed by atoms with E-state index in [4.69, 9.17) is 10.5 Å². The maximum absolute atomic E-state index is 5.74.